The van der Waals surface area contributed by atoms with Gasteiger partial charge in [0.05, 0.1) is 12.2 Å². The molecule has 1 aliphatic rings. The Kier molecular flexibility index (Phi) is 2.91. The van der Waals surface area contributed by atoms with Crippen molar-refractivity contribution >= 4 is 11.7 Å². The molecule has 2 heterocycles. The summed E-state index contributed by atoms with van der Waals surface area (Å²) in [4.78, 5) is 13.7. The molecule has 1 aliphatic heterocycles. The second-order valence-corrected chi connectivity index (χ2v) is 4.74. The number of benzene rings is 1. The third-order valence-corrected chi connectivity index (χ3v) is 3.23. The fourth-order valence-electron chi connectivity index (χ4n) is 2.13. The van der Waals surface area contributed by atoms with E-state index in [2.05, 4.69) is 15.6 Å². The van der Waals surface area contributed by atoms with E-state index in [0.717, 1.165) is 11.3 Å². The Balaban J connectivity index is 1.56. The van der Waals surface area contributed by atoms with Gasteiger partial charge in [0.25, 0.3) is 0 Å². The van der Waals surface area contributed by atoms with Gasteiger partial charge in [0.15, 0.2) is 0 Å². The number of rotatable bonds is 2. The molecular weight excluding hydrogens is 242 g/mol. The predicted octanol–water partition coefficient (Wildman–Crippen LogP) is 1.68. The smallest absolute Gasteiger partial charge is 0.320 e. The van der Waals surface area contributed by atoms with E-state index < -0.39 is 0 Å². The molecular formula is C13H15N5O. The number of aryl methyl sites for hydroxylation is 1. The number of amides is 2. The van der Waals surface area contributed by atoms with Gasteiger partial charge in [0, 0.05) is 25.0 Å². The maximum absolute atomic E-state index is 12.0. The summed E-state index contributed by atoms with van der Waals surface area (Å²) in [5.41, 5.74) is 1.95. The molecule has 1 fully saturated rings. The molecule has 19 heavy (non-hydrogen) atoms. The molecule has 6 heteroatoms. The number of anilines is 1. The SMILES string of the molecule is Cc1cccc(NC(=O)N2CC(n3ccnn3)C2)c1. The van der Waals surface area contributed by atoms with Crippen molar-refractivity contribution in [3.63, 3.8) is 0 Å². The summed E-state index contributed by atoms with van der Waals surface area (Å²) in [5.74, 6) is 0. The van der Waals surface area contributed by atoms with Gasteiger partial charge >= 0.3 is 6.03 Å². The first-order chi connectivity index (χ1) is 9.22. The zero-order valence-corrected chi connectivity index (χ0v) is 10.7. The monoisotopic (exact) mass is 257 g/mol. The number of aromatic nitrogens is 3. The molecule has 0 radical (unpaired) electrons. The van der Waals surface area contributed by atoms with Gasteiger partial charge in [-0.05, 0) is 24.6 Å². The third-order valence-electron chi connectivity index (χ3n) is 3.23. The van der Waals surface area contributed by atoms with Crippen LogP contribution in [-0.4, -0.2) is 39.0 Å². The Labute approximate surface area is 111 Å². The summed E-state index contributed by atoms with van der Waals surface area (Å²) in [6.45, 7) is 3.34. The van der Waals surface area contributed by atoms with Crippen LogP contribution in [-0.2, 0) is 0 Å². The summed E-state index contributed by atoms with van der Waals surface area (Å²) < 4.78 is 1.79. The lowest BCUT2D eigenvalue weighted by Crippen LogP contribution is -2.52. The van der Waals surface area contributed by atoms with Gasteiger partial charge in [0.2, 0.25) is 0 Å². The fourth-order valence-corrected chi connectivity index (χ4v) is 2.13. The van der Waals surface area contributed by atoms with E-state index in [1.165, 1.54) is 0 Å². The zero-order chi connectivity index (χ0) is 13.2. The lowest BCUT2D eigenvalue weighted by atomic mass is 10.1. The maximum atomic E-state index is 12.0. The van der Waals surface area contributed by atoms with Gasteiger partial charge in [-0.3, -0.25) is 0 Å². The average molecular weight is 257 g/mol. The molecule has 0 saturated carbocycles. The minimum Gasteiger partial charge on any atom is -0.320 e. The van der Waals surface area contributed by atoms with Crippen LogP contribution in [0.15, 0.2) is 36.7 Å². The predicted molar refractivity (Wildman–Crippen MR) is 70.8 cm³/mol. The first-order valence-corrected chi connectivity index (χ1v) is 6.21. The van der Waals surface area contributed by atoms with Crippen molar-refractivity contribution in [1.29, 1.82) is 0 Å². The van der Waals surface area contributed by atoms with E-state index in [1.807, 2.05) is 37.4 Å². The van der Waals surface area contributed by atoms with Crippen molar-refractivity contribution < 1.29 is 4.79 Å². The molecule has 1 N–H and O–H groups in total. The number of carbonyl (C=O) groups is 1. The Hall–Kier alpha value is -2.37. The minimum absolute atomic E-state index is 0.0676. The lowest BCUT2D eigenvalue weighted by molar-refractivity contribution is 0.127. The molecule has 0 spiro atoms. The molecule has 98 valence electrons. The number of hydrogen-bond donors (Lipinski definition) is 1. The van der Waals surface area contributed by atoms with Crippen LogP contribution in [0.25, 0.3) is 0 Å². The molecule has 3 rings (SSSR count). The number of nitrogens with one attached hydrogen (secondary N) is 1. The molecule has 1 saturated heterocycles. The Morgan fingerprint density at radius 1 is 1.42 bits per heavy atom. The first kappa shape index (κ1) is 11.7. The van der Waals surface area contributed by atoms with Gasteiger partial charge in [-0.25, -0.2) is 9.48 Å². The van der Waals surface area contributed by atoms with E-state index in [1.54, 1.807) is 15.8 Å². The van der Waals surface area contributed by atoms with E-state index >= 15 is 0 Å². The first-order valence-electron chi connectivity index (χ1n) is 6.21. The van der Waals surface area contributed by atoms with Crippen molar-refractivity contribution in [2.45, 2.75) is 13.0 Å². The number of urea groups is 1. The van der Waals surface area contributed by atoms with Crippen molar-refractivity contribution in [1.82, 2.24) is 19.9 Å². The Morgan fingerprint density at radius 2 is 2.26 bits per heavy atom. The summed E-state index contributed by atoms with van der Waals surface area (Å²) in [6, 6.07) is 7.94. The van der Waals surface area contributed by atoms with Crippen LogP contribution in [0.4, 0.5) is 10.5 Å². The van der Waals surface area contributed by atoms with Gasteiger partial charge < -0.3 is 10.2 Å². The van der Waals surface area contributed by atoms with Crippen molar-refractivity contribution in [2.75, 3.05) is 18.4 Å². The normalized spacial score (nSPS) is 15.1. The maximum Gasteiger partial charge on any atom is 0.321 e. The fraction of sp³-hybridized carbons (Fsp3) is 0.308. The minimum atomic E-state index is -0.0676. The van der Waals surface area contributed by atoms with Crippen molar-refractivity contribution in [2.24, 2.45) is 0 Å². The van der Waals surface area contributed by atoms with Gasteiger partial charge in [-0.1, -0.05) is 17.3 Å². The van der Waals surface area contributed by atoms with Crippen LogP contribution in [0, 0.1) is 6.92 Å². The van der Waals surface area contributed by atoms with E-state index in [0.29, 0.717) is 13.1 Å². The lowest BCUT2D eigenvalue weighted by Gasteiger charge is -2.38. The third kappa shape index (κ3) is 2.42. The van der Waals surface area contributed by atoms with E-state index in [9.17, 15) is 4.79 Å². The van der Waals surface area contributed by atoms with Crippen LogP contribution in [0.1, 0.15) is 11.6 Å². The van der Waals surface area contributed by atoms with E-state index in [4.69, 9.17) is 0 Å². The molecule has 2 amide bonds. The van der Waals surface area contributed by atoms with Gasteiger partial charge in [-0.2, -0.15) is 0 Å². The number of nitrogens with zero attached hydrogens (tertiary/aromatic N) is 4. The highest BCUT2D eigenvalue weighted by molar-refractivity contribution is 5.89. The average Bonchev–Trinajstić information content (AvgIpc) is 2.80. The summed E-state index contributed by atoms with van der Waals surface area (Å²) in [7, 11) is 0. The number of likely N-dealkylation sites (tertiary alicyclic amines) is 1. The van der Waals surface area contributed by atoms with Crippen molar-refractivity contribution in [3.8, 4) is 0 Å². The van der Waals surface area contributed by atoms with Crippen LogP contribution in [0.2, 0.25) is 0 Å². The largest absolute Gasteiger partial charge is 0.321 e. The highest BCUT2D eigenvalue weighted by Crippen LogP contribution is 2.21. The molecule has 2 aromatic rings. The Bertz CT molecular complexity index is 574. The number of hydrogen-bond acceptors (Lipinski definition) is 3. The molecule has 0 bridgehead atoms. The molecule has 0 unspecified atom stereocenters. The van der Waals surface area contributed by atoms with Gasteiger partial charge in [-0.15, -0.1) is 5.10 Å². The zero-order valence-electron chi connectivity index (χ0n) is 10.7. The topological polar surface area (TPSA) is 63.1 Å². The second kappa shape index (κ2) is 4.72. The van der Waals surface area contributed by atoms with Crippen molar-refractivity contribution in [3.05, 3.63) is 42.2 Å². The summed E-state index contributed by atoms with van der Waals surface area (Å²) >= 11 is 0. The quantitative estimate of drug-likeness (QED) is 0.890. The highest BCUT2D eigenvalue weighted by Gasteiger charge is 2.32. The van der Waals surface area contributed by atoms with Crippen LogP contribution < -0.4 is 5.32 Å². The Morgan fingerprint density at radius 3 is 2.95 bits per heavy atom. The molecule has 1 aromatic carbocycles. The van der Waals surface area contributed by atoms with Crippen LogP contribution >= 0.6 is 0 Å². The standard InChI is InChI=1S/C13H15N5O/c1-10-3-2-4-11(7-10)15-13(19)17-8-12(9-17)18-6-5-14-16-18/h2-7,12H,8-9H2,1H3,(H,15,19). The van der Waals surface area contributed by atoms with E-state index in [-0.39, 0.29) is 12.1 Å². The molecule has 0 aliphatic carbocycles. The summed E-state index contributed by atoms with van der Waals surface area (Å²) in [5, 5.41) is 10.6. The molecule has 6 nitrogen and oxygen atoms in total. The van der Waals surface area contributed by atoms with Gasteiger partial charge in [0.1, 0.15) is 0 Å². The number of carbonyl (C=O) groups excluding carboxylic acids is 1. The summed E-state index contributed by atoms with van der Waals surface area (Å²) in [6.07, 6.45) is 3.47. The second-order valence-electron chi connectivity index (χ2n) is 4.74. The van der Waals surface area contributed by atoms with Crippen LogP contribution in [0.3, 0.4) is 0 Å². The molecule has 0 atom stereocenters. The van der Waals surface area contributed by atoms with Crippen LogP contribution in [0.5, 0.6) is 0 Å². The molecule has 1 aromatic heterocycles. The highest BCUT2D eigenvalue weighted by atomic mass is 16.2.